The summed E-state index contributed by atoms with van der Waals surface area (Å²) in [5.74, 6) is 2.10. The monoisotopic (exact) mass is 1100 g/mol. The third-order valence-corrected chi connectivity index (χ3v) is 20.9. The Labute approximate surface area is 470 Å². The van der Waals surface area contributed by atoms with Gasteiger partial charge in [0.15, 0.2) is 12.4 Å². The van der Waals surface area contributed by atoms with Gasteiger partial charge in [-0.1, -0.05) is 48.0 Å². The molecule has 6 unspecified atom stereocenters. The highest BCUT2D eigenvalue weighted by Gasteiger charge is 2.59. The highest BCUT2D eigenvalue weighted by atomic mass is 16.8. The van der Waals surface area contributed by atoms with Gasteiger partial charge in [0.2, 0.25) is 0 Å². The van der Waals surface area contributed by atoms with E-state index in [2.05, 4.69) is 20.8 Å². The van der Waals surface area contributed by atoms with E-state index in [-0.39, 0.29) is 82.3 Å². The smallest absolute Gasteiger partial charge is 0.344 e. The molecule has 0 N–H and O–H groups in total. The van der Waals surface area contributed by atoms with Crippen molar-refractivity contribution in [2.75, 3.05) is 19.8 Å². The molecule has 3 saturated heterocycles. The average molecular weight is 1100 g/mol. The Morgan fingerprint density at radius 3 is 1.58 bits per heavy atom. The maximum absolute atomic E-state index is 12.6. The third-order valence-electron chi connectivity index (χ3n) is 20.9. The van der Waals surface area contributed by atoms with E-state index in [9.17, 15) is 28.8 Å². The van der Waals surface area contributed by atoms with Gasteiger partial charge >= 0.3 is 35.8 Å². The molecule has 0 radical (unpaired) electrons. The van der Waals surface area contributed by atoms with E-state index in [0.29, 0.717) is 37.4 Å². The predicted molar refractivity (Wildman–Crippen MR) is 297 cm³/mol. The van der Waals surface area contributed by atoms with Gasteiger partial charge in [0.1, 0.15) is 36.1 Å². The Balaban J connectivity index is 0.000000170. The minimum atomic E-state index is -0.615. The largest absolute Gasteiger partial charge is 0.462 e. The van der Waals surface area contributed by atoms with Crippen molar-refractivity contribution >= 4 is 35.8 Å². The van der Waals surface area contributed by atoms with Crippen LogP contribution in [0.5, 0.6) is 0 Å². The van der Waals surface area contributed by atoms with E-state index in [1.165, 1.54) is 51.4 Å². The number of ether oxygens (including phenoxy) is 8. The number of carbonyl (C=O) groups excluding carboxylic acids is 6. The minimum Gasteiger partial charge on any atom is -0.462 e. The second kappa shape index (κ2) is 26.3. The molecule has 14 heteroatoms. The van der Waals surface area contributed by atoms with Crippen molar-refractivity contribution in [3.8, 4) is 0 Å². The number of fused-ring (bicyclic) bond motifs is 1. The molecule has 446 valence electrons. The molecule has 11 fully saturated rings. The topological polar surface area (TPSA) is 176 Å². The fourth-order valence-corrected chi connectivity index (χ4v) is 13.9. The fraction of sp³-hybridized carbons (Fsp3) is 0.906. The lowest BCUT2D eigenvalue weighted by atomic mass is 9.49. The average Bonchev–Trinajstić information content (AvgIpc) is 4.13. The molecule has 8 saturated carbocycles. The summed E-state index contributed by atoms with van der Waals surface area (Å²) in [4.78, 5) is 72.6. The second-order valence-corrected chi connectivity index (χ2v) is 28.0. The van der Waals surface area contributed by atoms with Crippen LogP contribution in [-0.2, 0) is 66.7 Å². The van der Waals surface area contributed by atoms with Crippen LogP contribution in [0, 0.1) is 63.1 Å². The number of hydrogen-bond donors (Lipinski definition) is 0. The molecule has 3 aliphatic heterocycles. The second-order valence-electron chi connectivity index (χ2n) is 28.0. The molecule has 1 spiro atoms. The number of esters is 6. The lowest BCUT2D eigenvalue weighted by molar-refractivity contribution is -0.218. The number of hydrogen-bond acceptors (Lipinski definition) is 14. The lowest BCUT2D eigenvalue weighted by Gasteiger charge is -2.60. The fourth-order valence-electron chi connectivity index (χ4n) is 13.9. The predicted octanol–water partition coefficient (Wildman–Crippen LogP) is 13.5. The van der Waals surface area contributed by atoms with Gasteiger partial charge in [0.25, 0.3) is 0 Å². The van der Waals surface area contributed by atoms with Gasteiger partial charge in [-0.05, 0) is 220 Å². The van der Waals surface area contributed by atoms with Crippen molar-refractivity contribution in [3.63, 3.8) is 0 Å². The summed E-state index contributed by atoms with van der Waals surface area (Å²) >= 11 is 0. The van der Waals surface area contributed by atoms with Gasteiger partial charge in [-0.3, -0.25) is 24.0 Å². The van der Waals surface area contributed by atoms with E-state index in [1.54, 1.807) is 13.8 Å². The summed E-state index contributed by atoms with van der Waals surface area (Å²) in [5, 5.41) is 0. The molecule has 8 bridgehead atoms. The van der Waals surface area contributed by atoms with Crippen LogP contribution in [-0.4, -0.2) is 90.9 Å². The molecule has 0 aromatic rings. The molecule has 0 aromatic carbocycles. The maximum atomic E-state index is 12.6. The van der Waals surface area contributed by atoms with Crippen molar-refractivity contribution in [3.05, 3.63) is 0 Å². The maximum Gasteiger partial charge on any atom is 0.344 e. The molecule has 8 aliphatic carbocycles. The minimum absolute atomic E-state index is 0.0197. The molecule has 11 aliphatic rings. The summed E-state index contributed by atoms with van der Waals surface area (Å²) in [6.07, 6.45) is 24.3. The summed E-state index contributed by atoms with van der Waals surface area (Å²) in [5.41, 5.74) is -1.96. The molecule has 0 amide bonds. The van der Waals surface area contributed by atoms with Crippen LogP contribution >= 0.6 is 0 Å². The van der Waals surface area contributed by atoms with Gasteiger partial charge in [0, 0.05) is 18.8 Å². The first kappa shape index (κ1) is 63.9. The number of carbonyl (C=O) groups is 6. The van der Waals surface area contributed by atoms with Crippen LogP contribution in [0.1, 0.15) is 251 Å². The van der Waals surface area contributed by atoms with Gasteiger partial charge in [0.05, 0.1) is 34.2 Å². The van der Waals surface area contributed by atoms with E-state index in [0.717, 1.165) is 108 Å². The zero-order valence-electron chi connectivity index (χ0n) is 51.1. The van der Waals surface area contributed by atoms with Crippen LogP contribution in [0.3, 0.4) is 0 Å². The standard InChI is InChI=1S/C18H26O6.C18H30O2.C15H26O4.C13H24O2/c1-4-18(2,3)17(21)22-9-14(19)24-15-11-5-10-6-12(8-11)16(20)23-13(15)7-10;1-5-17(3,4)16(19)20-18(6-2)14-8-12-7-13(10-14)11-15(18)9-12;1-4-14(2,3)13(16)17-10-12-11-18-15(19-12)8-6-5-7-9-15;1-5-12(3,4)11(14)15-13(6-2)9-7-8-10-13/h10-13,15H,4-9H2,1-3H3;12-15H,5-11H2,1-4H3;12H,4-11H2,1-3H3;5-10H2,1-4H3. The zero-order chi connectivity index (χ0) is 57.5. The van der Waals surface area contributed by atoms with Gasteiger partial charge < -0.3 is 37.9 Å². The van der Waals surface area contributed by atoms with E-state index >= 15 is 0 Å². The summed E-state index contributed by atoms with van der Waals surface area (Å²) in [6, 6.07) is 0. The Bertz CT molecular complexity index is 2010. The van der Waals surface area contributed by atoms with Crippen molar-refractivity contribution in [2.24, 2.45) is 63.1 Å². The SMILES string of the molecule is CCC(C)(C)C(=O)OC1(CC)C2CC3CC(C2)CC1C3.CCC(C)(C)C(=O)OCC(=O)OC1C2CC3CC(C2)C(=O)OC1C3.CCC(C)(C)C(=O)OCC1COC2(CCCCC2)O1.CCC1(OC(=O)C(C)(C)CC)CCCC1. The Kier molecular flexibility index (Phi) is 21.6. The Hall–Kier alpha value is -3.26. The molecular weight excluding hydrogens is 993 g/mol. The molecule has 14 nitrogen and oxygen atoms in total. The summed E-state index contributed by atoms with van der Waals surface area (Å²) in [6.45, 7) is 28.2. The Morgan fingerprint density at radius 2 is 1.05 bits per heavy atom. The van der Waals surface area contributed by atoms with Crippen LogP contribution in [0.2, 0.25) is 0 Å². The van der Waals surface area contributed by atoms with Gasteiger partial charge in [-0.2, -0.15) is 0 Å². The lowest BCUT2D eigenvalue weighted by Crippen LogP contribution is -2.60. The van der Waals surface area contributed by atoms with Gasteiger partial charge in [-0.25, -0.2) is 4.79 Å². The molecule has 11 rings (SSSR count). The van der Waals surface area contributed by atoms with Crippen LogP contribution in [0.4, 0.5) is 0 Å². The van der Waals surface area contributed by atoms with Crippen LogP contribution in [0.15, 0.2) is 0 Å². The summed E-state index contributed by atoms with van der Waals surface area (Å²) in [7, 11) is 0. The first-order chi connectivity index (χ1) is 36.6. The molecular formula is C64H106O14. The number of rotatable bonds is 17. The zero-order valence-corrected chi connectivity index (χ0v) is 51.1. The van der Waals surface area contributed by atoms with E-state index in [4.69, 9.17) is 37.9 Å². The normalized spacial score (nSPS) is 31.9. The quantitative estimate of drug-likeness (QED) is 0.0993. The van der Waals surface area contributed by atoms with Gasteiger partial charge in [-0.15, -0.1) is 0 Å². The van der Waals surface area contributed by atoms with E-state index < -0.39 is 28.9 Å². The molecule has 3 heterocycles. The molecule has 78 heavy (non-hydrogen) atoms. The highest BCUT2D eigenvalue weighted by molar-refractivity contribution is 5.80. The van der Waals surface area contributed by atoms with Crippen LogP contribution in [0.25, 0.3) is 0 Å². The van der Waals surface area contributed by atoms with E-state index in [1.807, 2.05) is 62.3 Å². The van der Waals surface area contributed by atoms with Crippen LogP contribution < -0.4 is 0 Å². The third kappa shape index (κ3) is 15.2. The Morgan fingerprint density at radius 1 is 0.551 bits per heavy atom. The first-order valence-corrected chi connectivity index (χ1v) is 31.2. The summed E-state index contributed by atoms with van der Waals surface area (Å²) < 4.78 is 45.4. The van der Waals surface area contributed by atoms with Crippen molar-refractivity contribution in [1.82, 2.24) is 0 Å². The van der Waals surface area contributed by atoms with Crippen molar-refractivity contribution in [1.29, 1.82) is 0 Å². The molecule has 6 atom stereocenters. The molecule has 0 aromatic heterocycles. The van der Waals surface area contributed by atoms with Crippen molar-refractivity contribution < 1.29 is 66.7 Å². The highest BCUT2D eigenvalue weighted by Crippen LogP contribution is 2.61. The van der Waals surface area contributed by atoms with Crippen molar-refractivity contribution in [2.45, 2.75) is 286 Å². The first-order valence-electron chi connectivity index (χ1n) is 31.2.